The number of hydrogen-bond donors (Lipinski definition) is 0. The predicted octanol–water partition coefficient (Wildman–Crippen LogP) is 2.96. The smallest absolute Gasteiger partial charge is 0.138 e. The van der Waals surface area contributed by atoms with Gasteiger partial charge in [0, 0.05) is 12.1 Å². The van der Waals surface area contributed by atoms with Crippen LogP contribution in [0.5, 0.6) is 5.75 Å². The number of pyridine rings is 1. The van der Waals surface area contributed by atoms with E-state index in [1.165, 1.54) is 0 Å². The van der Waals surface area contributed by atoms with Gasteiger partial charge in [0.15, 0.2) is 0 Å². The lowest BCUT2D eigenvalue weighted by Crippen LogP contribution is -1.96. The van der Waals surface area contributed by atoms with Crippen molar-refractivity contribution in [1.29, 1.82) is 0 Å². The third-order valence-electron chi connectivity index (χ3n) is 3.43. The molecule has 2 aromatic rings. The highest BCUT2D eigenvalue weighted by Gasteiger charge is 2.38. The van der Waals surface area contributed by atoms with Crippen LogP contribution in [0.2, 0.25) is 0 Å². The second kappa shape index (κ2) is 5.22. The van der Waals surface area contributed by atoms with Gasteiger partial charge < -0.3 is 9.53 Å². The summed E-state index contributed by atoms with van der Waals surface area (Å²) in [5, 5.41) is 0. The van der Waals surface area contributed by atoms with Crippen molar-refractivity contribution < 1.29 is 9.53 Å². The largest absolute Gasteiger partial charge is 0.487 e. The van der Waals surface area contributed by atoms with Crippen molar-refractivity contribution in [1.82, 2.24) is 4.98 Å². The summed E-state index contributed by atoms with van der Waals surface area (Å²) in [7, 11) is 0. The van der Waals surface area contributed by atoms with E-state index in [0.717, 1.165) is 29.6 Å². The van der Waals surface area contributed by atoms with E-state index in [-0.39, 0.29) is 5.92 Å². The first-order valence-corrected chi connectivity index (χ1v) is 6.44. The molecule has 1 aromatic heterocycles. The van der Waals surface area contributed by atoms with Crippen LogP contribution in [-0.4, -0.2) is 11.3 Å². The Morgan fingerprint density at radius 3 is 2.84 bits per heavy atom. The molecular formula is C16H15NO2. The molecule has 1 saturated carbocycles. The molecule has 0 saturated heterocycles. The first-order chi connectivity index (χ1) is 9.36. The fourth-order valence-corrected chi connectivity index (χ4v) is 2.21. The minimum Gasteiger partial charge on any atom is -0.487 e. The van der Waals surface area contributed by atoms with Crippen molar-refractivity contribution >= 4 is 6.29 Å². The lowest BCUT2D eigenvalue weighted by Gasteiger charge is -2.07. The number of benzene rings is 1. The lowest BCUT2D eigenvalue weighted by atomic mass is 10.1. The van der Waals surface area contributed by atoms with Gasteiger partial charge in [-0.3, -0.25) is 4.98 Å². The van der Waals surface area contributed by atoms with Crippen molar-refractivity contribution in [2.75, 3.05) is 0 Å². The number of aromatic nitrogens is 1. The summed E-state index contributed by atoms with van der Waals surface area (Å²) in [5.74, 6) is 1.27. The quantitative estimate of drug-likeness (QED) is 0.769. The van der Waals surface area contributed by atoms with Crippen LogP contribution in [0.15, 0.2) is 48.8 Å². The molecule has 2 atom stereocenters. The fourth-order valence-electron chi connectivity index (χ4n) is 2.21. The number of carbonyl (C=O) groups is 1. The molecule has 3 nitrogen and oxygen atoms in total. The minimum atomic E-state index is 0.172. The Morgan fingerprint density at radius 1 is 1.26 bits per heavy atom. The molecular weight excluding hydrogens is 238 g/mol. The average molecular weight is 253 g/mol. The molecule has 0 bridgehead atoms. The van der Waals surface area contributed by atoms with Crippen LogP contribution in [0, 0.1) is 5.92 Å². The van der Waals surface area contributed by atoms with Crippen molar-refractivity contribution in [2.24, 2.45) is 5.92 Å². The normalized spacial score (nSPS) is 20.8. The molecule has 0 aliphatic heterocycles. The van der Waals surface area contributed by atoms with Gasteiger partial charge in [0.1, 0.15) is 18.6 Å². The standard InChI is InChI=1S/C16H15NO2/c18-10-14-7-16(14)13-6-15(9-17-8-13)19-11-12-4-2-1-3-5-12/h1-6,8-10,14,16H,7,11H2/t14-,16-/m1/s1. The van der Waals surface area contributed by atoms with Gasteiger partial charge in [0.25, 0.3) is 0 Å². The van der Waals surface area contributed by atoms with E-state index >= 15 is 0 Å². The Balaban J connectivity index is 1.65. The van der Waals surface area contributed by atoms with Crippen LogP contribution in [0.1, 0.15) is 23.5 Å². The number of nitrogens with zero attached hydrogens (tertiary/aromatic N) is 1. The first-order valence-electron chi connectivity index (χ1n) is 6.44. The molecule has 3 rings (SSSR count). The van der Waals surface area contributed by atoms with Crippen molar-refractivity contribution in [3.63, 3.8) is 0 Å². The van der Waals surface area contributed by atoms with Crippen molar-refractivity contribution in [3.05, 3.63) is 59.9 Å². The maximum absolute atomic E-state index is 10.7. The van der Waals surface area contributed by atoms with Gasteiger partial charge in [-0.1, -0.05) is 30.3 Å². The molecule has 0 N–H and O–H groups in total. The van der Waals surface area contributed by atoms with Gasteiger partial charge >= 0.3 is 0 Å². The van der Waals surface area contributed by atoms with E-state index in [9.17, 15) is 4.79 Å². The molecule has 0 radical (unpaired) electrons. The topological polar surface area (TPSA) is 39.2 Å². The van der Waals surface area contributed by atoms with Gasteiger partial charge in [-0.15, -0.1) is 0 Å². The molecule has 1 aliphatic carbocycles. The Morgan fingerprint density at radius 2 is 2.11 bits per heavy atom. The Labute approximate surface area is 112 Å². The van der Waals surface area contributed by atoms with E-state index in [0.29, 0.717) is 12.5 Å². The zero-order chi connectivity index (χ0) is 13.1. The van der Waals surface area contributed by atoms with E-state index in [4.69, 9.17) is 4.74 Å². The summed E-state index contributed by atoms with van der Waals surface area (Å²) in [6, 6.07) is 12.0. The van der Waals surface area contributed by atoms with Crippen LogP contribution in [0.3, 0.4) is 0 Å². The van der Waals surface area contributed by atoms with E-state index in [1.807, 2.05) is 42.6 Å². The van der Waals surface area contributed by atoms with E-state index in [1.54, 1.807) is 6.20 Å². The van der Waals surface area contributed by atoms with E-state index < -0.39 is 0 Å². The first kappa shape index (κ1) is 11.9. The van der Waals surface area contributed by atoms with Crippen LogP contribution in [-0.2, 0) is 11.4 Å². The lowest BCUT2D eigenvalue weighted by molar-refractivity contribution is -0.108. The second-order valence-corrected chi connectivity index (χ2v) is 4.87. The fraction of sp³-hybridized carbons (Fsp3) is 0.250. The van der Waals surface area contributed by atoms with Gasteiger partial charge in [-0.2, -0.15) is 0 Å². The summed E-state index contributed by atoms with van der Waals surface area (Å²) in [5.41, 5.74) is 2.23. The molecule has 3 heteroatoms. The van der Waals surface area contributed by atoms with Crippen LogP contribution >= 0.6 is 0 Å². The summed E-state index contributed by atoms with van der Waals surface area (Å²) in [6.45, 7) is 0.535. The summed E-state index contributed by atoms with van der Waals surface area (Å²) < 4.78 is 5.73. The molecule has 1 aliphatic rings. The summed E-state index contributed by atoms with van der Waals surface area (Å²) in [6.07, 6.45) is 5.50. The molecule has 1 fully saturated rings. The highest BCUT2D eigenvalue weighted by Crippen LogP contribution is 2.46. The van der Waals surface area contributed by atoms with Crippen LogP contribution in [0.4, 0.5) is 0 Å². The molecule has 0 unspecified atom stereocenters. The zero-order valence-corrected chi connectivity index (χ0v) is 10.5. The Hall–Kier alpha value is -2.16. The van der Waals surface area contributed by atoms with Crippen molar-refractivity contribution in [3.8, 4) is 5.75 Å². The Bertz CT molecular complexity index is 568. The third-order valence-corrected chi connectivity index (χ3v) is 3.43. The van der Waals surface area contributed by atoms with Gasteiger partial charge in [0.2, 0.25) is 0 Å². The SMILES string of the molecule is O=C[C@H]1C[C@@H]1c1cncc(OCc2ccccc2)c1. The molecule has 0 amide bonds. The summed E-state index contributed by atoms with van der Waals surface area (Å²) in [4.78, 5) is 14.9. The highest BCUT2D eigenvalue weighted by molar-refractivity contribution is 5.61. The molecule has 1 heterocycles. The minimum absolute atomic E-state index is 0.172. The van der Waals surface area contributed by atoms with Crippen molar-refractivity contribution in [2.45, 2.75) is 18.9 Å². The number of rotatable bonds is 5. The van der Waals surface area contributed by atoms with Gasteiger partial charge in [-0.05, 0) is 29.5 Å². The maximum atomic E-state index is 10.7. The Kier molecular flexibility index (Phi) is 3.27. The highest BCUT2D eigenvalue weighted by atomic mass is 16.5. The van der Waals surface area contributed by atoms with E-state index in [2.05, 4.69) is 4.98 Å². The predicted molar refractivity (Wildman–Crippen MR) is 71.9 cm³/mol. The van der Waals surface area contributed by atoms with Gasteiger partial charge in [0.05, 0.1) is 6.20 Å². The molecule has 19 heavy (non-hydrogen) atoms. The molecule has 0 spiro atoms. The second-order valence-electron chi connectivity index (χ2n) is 4.87. The number of hydrogen-bond acceptors (Lipinski definition) is 3. The number of carbonyl (C=O) groups excluding carboxylic acids is 1. The summed E-state index contributed by atoms with van der Waals surface area (Å²) >= 11 is 0. The average Bonchev–Trinajstić information content (AvgIpc) is 3.26. The molecule has 96 valence electrons. The third kappa shape index (κ3) is 2.81. The van der Waals surface area contributed by atoms with Crippen LogP contribution < -0.4 is 4.74 Å². The number of aldehydes is 1. The molecule has 1 aromatic carbocycles. The number of ether oxygens (including phenoxy) is 1. The van der Waals surface area contributed by atoms with Crippen LogP contribution in [0.25, 0.3) is 0 Å². The zero-order valence-electron chi connectivity index (χ0n) is 10.5. The van der Waals surface area contributed by atoms with Gasteiger partial charge in [-0.25, -0.2) is 0 Å². The monoisotopic (exact) mass is 253 g/mol. The maximum Gasteiger partial charge on any atom is 0.138 e.